The molecule has 3 aromatic rings. The quantitative estimate of drug-likeness (QED) is 0.459. The minimum absolute atomic E-state index is 0.193. The van der Waals surface area contributed by atoms with Crippen LogP contribution in [-0.4, -0.2) is 35.1 Å². The van der Waals surface area contributed by atoms with Crippen LogP contribution in [0.4, 0.5) is 0 Å². The molecule has 0 unspecified atom stereocenters. The number of nitrogens with zero attached hydrogens (tertiary/aromatic N) is 2. The number of hydrogen-bond acceptors (Lipinski definition) is 6. The summed E-state index contributed by atoms with van der Waals surface area (Å²) in [6.45, 7) is -0.197. The van der Waals surface area contributed by atoms with Crippen LogP contribution in [0, 0.1) is 11.3 Å². The van der Waals surface area contributed by atoms with Crippen molar-refractivity contribution in [1.82, 2.24) is 10.3 Å². The highest BCUT2D eigenvalue weighted by Crippen LogP contribution is 2.37. The topological polar surface area (TPSA) is 112 Å². The van der Waals surface area contributed by atoms with Crippen molar-refractivity contribution in [2.75, 3.05) is 13.2 Å². The minimum Gasteiger partial charge on any atom is -0.508 e. The summed E-state index contributed by atoms with van der Waals surface area (Å²) < 4.78 is 5.31. The van der Waals surface area contributed by atoms with Crippen molar-refractivity contribution in [1.29, 1.82) is 5.26 Å². The summed E-state index contributed by atoms with van der Waals surface area (Å²) >= 11 is 0. The normalized spacial score (nSPS) is 13.5. The van der Waals surface area contributed by atoms with Crippen LogP contribution in [0.2, 0.25) is 0 Å². The average Bonchev–Trinajstić information content (AvgIpc) is 3.19. The number of ether oxygens (including phenoxy) is 1. The van der Waals surface area contributed by atoms with Gasteiger partial charge < -0.3 is 15.2 Å². The fraction of sp³-hybridized carbons (Fsp3) is 0.200. The number of pyridine rings is 1. The summed E-state index contributed by atoms with van der Waals surface area (Å²) in [5.41, 5.74) is 4.60. The Kier molecular flexibility index (Phi) is 6.13. The van der Waals surface area contributed by atoms with Gasteiger partial charge in [0.15, 0.2) is 6.61 Å². The molecular weight excluding hydrogens is 406 g/mol. The predicted octanol–water partition coefficient (Wildman–Crippen LogP) is 3.61. The van der Waals surface area contributed by atoms with Gasteiger partial charge in [-0.15, -0.1) is 0 Å². The molecule has 0 fully saturated rings. The number of aromatic nitrogens is 1. The average molecular weight is 427 g/mol. The summed E-state index contributed by atoms with van der Waals surface area (Å²) in [7, 11) is 0. The van der Waals surface area contributed by atoms with Gasteiger partial charge >= 0.3 is 5.97 Å². The second-order valence-corrected chi connectivity index (χ2v) is 7.43. The summed E-state index contributed by atoms with van der Waals surface area (Å²) in [5.74, 6) is -0.817. The van der Waals surface area contributed by atoms with Gasteiger partial charge in [-0.3, -0.25) is 4.79 Å². The molecule has 2 N–H and O–H groups in total. The molecule has 0 saturated carbocycles. The SMILES string of the molecule is N#CCCNC(=O)COC(=O)c1c2c(nc3ccccc13)/C(=C/c1ccc(O)cc1)CC2. The lowest BCUT2D eigenvalue weighted by molar-refractivity contribution is -0.124. The number of aromatic hydroxyl groups is 1. The van der Waals surface area contributed by atoms with Gasteiger partial charge in [-0.25, -0.2) is 9.78 Å². The van der Waals surface area contributed by atoms with Crippen LogP contribution in [0.25, 0.3) is 22.6 Å². The zero-order chi connectivity index (χ0) is 22.5. The van der Waals surface area contributed by atoms with Crippen molar-refractivity contribution < 1.29 is 19.4 Å². The number of phenols is 1. The number of carbonyl (C=O) groups excluding carboxylic acids is 2. The lowest BCUT2D eigenvalue weighted by Crippen LogP contribution is -2.29. The summed E-state index contributed by atoms with van der Waals surface area (Å²) in [6, 6.07) is 16.2. The number of fused-ring (bicyclic) bond motifs is 2. The number of allylic oxidation sites excluding steroid dienone is 1. The number of phenolic OH excluding ortho intramolecular Hbond substituents is 1. The van der Waals surface area contributed by atoms with Gasteiger partial charge in [0.05, 0.1) is 29.3 Å². The van der Waals surface area contributed by atoms with Gasteiger partial charge in [0.25, 0.3) is 5.91 Å². The Balaban J connectivity index is 1.66. The smallest absolute Gasteiger partial charge is 0.339 e. The molecule has 1 aliphatic rings. The molecule has 1 heterocycles. The van der Waals surface area contributed by atoms with E-state index in [2.05, 4.69) is 5.32 Å². The Bertz CT molecular complexity index is 1260. The lowest BCUT2D eigenvalue weighted by Gasteiger charge is -2.12. The van der Waals surface area contributed by atoms with Gasteiger partial charge in [0.2, 0.25) is 0 Å². The molecule has 0 bridgehead atoms. The molecule has 0 aliphatic heterocycles. The zero-order valence-electron chi connectivity index (χ0n) is 17.3. The second kappa shape index (κ2) is 9.31. The fourth-order valence-corrected chi connectivity index (χ4v) is 3.80. The van der Waals surface area contributed by atoms with E-state index >= 15 is 0 Å². The van der Waals surface area contributed by atoms with E-state index in [1.165, 1.54) is 0 Å². The summed E-state index contributed by atoms with van der Waals surface area (Å²) in [5, 5.41) is 21.3. The Hall–Kier alpha value is -4.18. The number of esters is 1. The predicted molar refractivity (Wildman–Crippen MR) is 120 cm³/mol. The molecule has 4 rings (SSSR count). The van der Waals surface area contributed by atoms with Crippen LogP contribution in [0.15, 0.2) is 48.5 Å². The Labute approximate surface area is 185 Å². The number of rotatable bonds is 6. The van der Waals surface area contributed by atoms with Crippen LogP contribution in [-0.2, 0) is 16.0 Å². The molecule has 1 aliphatic carbocycles. The van der Waals surface area contributed by atoms with Gasteiger partial charge in [-0.2, -0.15) is 5.26 Å². The first-order valence-electron chi connectivity index (χ1n) is 10.3. The monoisotopic (exact) mass is 427 g/mol. The molecule has 0 saturated heterocycles. The Morgan fingerprint density at radius 2 is 1.94 bits per heavy atom. The van der Waals surface area contributed by atoms with E-state index in [1.54, 1.807) is 12.1 Å². The Morgan fingerprint density at radius 3 is 2.72 bits per heavy atom. The molecule has 32 heavy (non-hydrogen) atoms. The lowest BCUT2D eigenvalue weighted by atomic mass is 10.0. The zero-order valence-corrected chi connectivity index (χ0v) is 17.3. The third kappa shape index (κ3) is 4.44. The molecule has 0 atom stereocenters. The maximum Gasteiger partial charge on any atom is 0.339 e. The standard InChI is InChI=1S/C25H21N3O4/c26-12-3-13-27-22(30)15-32-25(31)23-19-4-1-2-5-21(19)28-24-17(8-11-20(23)24)14-16-6-9-18(29)10-7-16/h1-2,4-7,9-10,14,29H,3,8,11,13,15H2,(H,27,30)/b17-14+. The van der Waals surface area contributed by atoms with E-state index in [0.29, 0.717) is 29.3 Å². The highest BCUT2D eigenvalue weighted by Gasteiger charge is 2.27. The minimum atomic E-state index is -0.568. The number of para-hydroxylation sites is 1. The largest absolute Gasteiger partial charge is 0.508 e. The maximum absolute atomic E-state index is 13.0. The summed E-state index contributed by atoms with van der Waals surface area (Å²) in [4.78, 5) is 29.7. The third-order valence-corrected chi connectivity index (χ3v) is 5.27. The molecule has 2 aromatic carbocycles. The van der Waals surface area contributed by atoms with E-state index < -0.39 is 18.5 Å². The molecule has 0 radical (unpaired) electrons. The fourth-order valence-electron chi connectivity index (χ4n) is 3.80. The number of nitriles is 1. The van der Waals surface area contributed by atoms with Crippen molar-refractivity contribution in [2.45, 2.75) is 19.3 Å². The van der Waals surface area contributed by atoms with Gasteiger partial charge in [0.1, 0.15) is 5.75 Å². The van der Waals surface area contributed by atoms with E-state index in [4.69, 9.17) is 15.0 Å². The molecule has 0 spiro atoms. The van der Waals surface area contributed by atoms with Crippen molar-refractivity contribution in [3.8, 4) is 11.8 Å². The Morgan fingerprint density at radius 1 is 1.16 bits per heavy atom. The van der Waals surface area contributed by atoms with E-state index in [9.17, 15) is 14.7 Å². The van der Waals surface area contributed by atoms with Crippen LogP contribution >= 0.6 is 0 Å². The van der Waals surface area contributed by atoms with Crippen molar-refractivity contribution in [2.24, 2.45) is 0 Å². The first-order valence-corrected chi connectivity index (χ1v) is 10.3. The number of amides is 1. The first-order chi connectivity index (χ1) is 15.6. The van der Waals surface area contributed by atoms with Crippen molar-refractivity contribution in [3.05, 3.63) is 70.9 Å². The van der Waals surface area contributed by atoms with Crippen LogP contribution in [0.3, 0.4) is 0 Å². The van der Waals surface area contributed by atoms with Crippen molar-refractivity contribution >= 4 is 34.4 Å². The molecular formula is C25H21N3O4. The number of benzene rings is 2. The van der Waals surface area contributed by atoms with E-state index in [0.717, 1.165) is 22.4 Å². The molecule has 1 aromatic heterocycles. The highest BCUT2D eigenvalue weighted by atomic mass is 16.5. The van der Waals surface area contributed by atoms with Crippen LogP contribution in [0.5, 0.6) is 5.75 Å². The highest BCUT2D eigenvalue weighted by molar-refractivity contribution is 6.07. The van der Waals surface area contributed by atoms with Crippen LogP contribution < -0.4 is 5.32 Å². The van der Waals surface area contributed by atoms with Crippen molar-refractivity contribution in [3.63, 3.8) is 0 Å². The van der Waals surface area contributed by atoms with E-state index in [1.807, 2.05) is 48.5 Å². The van der Waals surface area contributed by atoms with Gasteiger partial charge in [-0.05, 0) is 53.8 Å². The molecule has 7 nitrogen and oxygen atoms in total. The number of nitrogens with one attached hydrogen (secondary N) is 1. The molecule has 1 amide bonds. The second-order valence-electron chi connectivity index (χ2n) is 7.43. The number of carbonyl (C=O) groups is 2. The van der Waals surface area contributed by atoms with Crippen LogP contribution in [0.1, 0.15) is 40.0 Å². The van der Waals surface area contributed by atoms with E-state index in [-0.39, 0.29) is 18.7 Å². The first kappa shape index (κ1) is 21.1. The molecule has 7 heteroatoms. The van der Waals surface area contributed by atoms with Gasteiger partial charge in [0, 0.05) is 11.9 Å². The third-order valence-electron chi connectivity index (χ3n) is 5.27. The summed E-state index contributed by atoms with van der Waals surface area (Å²) in [6.07, 6.45) is 3.55. The number of hydrogen-bond donors (Lipinski definition) is 2. The van der Waals surface area contributed by atoms with Gasteiger partial charge in [-0.1, -0.05) is 30.3 Å². The molecule has 160 valence electrons. The maximum atomic E-state index is 13.0.